The second-order valence-corrected chi connectivity index (χ2v) is 16.3. The first-order valence-corrected chi connectivity index (χ1v) is 16.2. The van der Waals surface area contributed by atoms with Crippen LogP contribution in [0.5, 0.6) is 0 Å². The zero-order chi connectivity index (χ0) is 26.3. The summed E-state index contributed by atoms with van der Waals surface area (Å²) < 4.78 is 39.5. The molecule has 0 amide bonds. The Balaban J connectivity index is 1.39. The molecule has 2 aromatic heterocycles. The Morgan fingerprint density at radius 3 is 2.53 bits per heavy atom. The maximum absolute atomic E-state index is 12.8. The number of nitrogens with zero attached hydrogens (tertiary/aromatic N) is 7. The van der Waals surface area contributed by atoms with Crippen LogP contribution in [0.1, 0.15) is 40.5 Å². The van der Waals surface area contributed by atoms with Crippen molar-refractivity contribution in [2.24, 2.45) is 16.8 Å². The van der Waals surface area contributed by atoms with Gasteiger partial charge in [-0.1, -0.05) is 0 Å². The van der Waals surface area contributed by atoms with Crippen LogP contribution in [0, 0.1) is 5.41 Å². The molecule has 2 aromatic rings. The Bertz CT molecular complexity index is 1220. The van der Waals surface area contributed by atoms with Crippen LogP contribution in [0.4, 0.5) is 11.8 Å². The van der Waals surface area contributed by atoms with Crippen LogP contribution in [0.2, 0.25) is 0 Å². The zero-order valence-corrected chi connectivity index (χ0v) is 24.4. The third-order valence-electron chi connectivity index (χ3n) is 6.47. The number of anilines is 1. The lowest BCUT2D eigenvalue weighted by Gasteiger charge is -2.43. The molecule has 0 radical (unpaired) electrons. The summed E-state index contributed by atoms with van der Waals surface area (Å²) in [5, 5.41) is 5.47. The molecule has 3 atom stereocenters. The van der Waals surface area contributed by atoms with Crippen molar-refractivity contribution in [3.63, 3.8) is 0 Å². The molecular formula is C22H36N8O3S3. The molecule has 0 aliphatic carbocycles. The maximum atomic E-state index is 12.8. The summed E-state index contributed by atoms with van der Waals surface area (Å²) in [6, 6.07) is 0.0563. The Morgan fingerprint density at radius 2 is 1.94 bits per heavy atom. The van der Waals surface area contributed by atoms with Gasteiger partial charge in [-0.25, -0.2) is 27.8 Å². The summed E-state index contributed by atoms with van der Waals surface area (Å²) in [4.78, 5) is 15.8. The van der Waals surface area contributed by atoms with Crippen LogP contribution >= 0.6 is 11.8 Å². The summed E-state index contributed by atoms with van der Waals surface area (Å²) in [5.41, 5.74) is -0.0339. The zero-order valence-electron chi connectivity index (χ0n) is 21.9. The molecule has 11 nitrogen and oxygen atoms in total. The lowest BCUT2D eigenvalue weighted by Crippen LogP contribution is -2.55. The van der Waals surface area contributed by atoms with Gasteiger partial charge in [-0.15, -0.1) is 5.10 Å². The summed E-state index contributed by atoms with van der Waals surface area (Å²) in [6.07, 6.45) is 8.49. The standard InChI is InChI=1S/C22H36N8O3S3/c1-15-18(27-35(31)21(2,3)4)22(14-33-15)8-10-30(11-9-22)16-12-24-17(13-23-16)34-20-25-19(29(5)26-20)28-36(6,7)32/h12-13,15,18,27H,8-11,14H2,1-7H3/t15-,18+,35+/m0/s1. The van der Waals surface area contributed by atoms with Gasteiger partial charge in [0.2, 0.25) is 5.16 Å². The first-order chi connectivity index (χ1) is 16.8. The molecule has 36 heavy (non-hydrogen) atoms. The highest BCUT2D eigenvalue weighted by molar-refractivity contribution is 7.99. The molecule has 200 valence electrons. The number of aromatic nitrogens is 5. The fourth-order valence-electron chi connectivity index (χ4n) is 4.42. The van der Waals surface area contributed by atoms with Gasteiger partial charge in [-0.05, 0) is 52.3 Å². The molecule has 4 heterocycles. The minimum Gasteiger partial charge on any atom is -0.376 e. The number of piperidine rings is 1. The van der Waals surface area contributed by atoms with Crippen LogP contribution in [0.3, 0.4) is 0 Å². The Labute approximate surface area is 220 Å². The summed E-state index contributed by atoms with van der Waals surface area (Å²) in [6.45, 7) is 10.4. The summed E-state index contributed by atoms with van der Waals surface area (Å²) in [5.74, 6) is 1.15. The molecular weight excluding hydrogens is 520 g/mol. The van der Waals surface area contributed by atoms with E-state index in [0.717, 1.165) is 31.7 Å². The van der Waals surface area contributed by atoms with Crippen molar-refractivity contribution in [2.75, 3.05) is 37.1 Å². The second kappa shape index (κ2) is 10.3. The van der Waals surface area contributed by atoms with E-state index >= 15 is 0 Å². The summed E-state index contributed by atoms with van der Waals surface area (Å²) >= 11 is 1.29. The van der Waals surface area contributed by atoms with E-state index in [1.165, 1.54) is 16.4 Å². The van der Waals surface area contributed by atoms with Gasteiger partial charge in [0.05, 0.1) is 46.9 Å². The first kappa shape index (κ1) is 27.4. The molecule has 2 aliphatic heterocycles. The minimum atomic E-state index is -2.32. The van der Waals surface area contributed by atoms with Crippen molar-refractivity contribution < 1.29 is 13.2 Å². The Hall–Kier alpha value is -1.61. The smallest absolute Gasteiger partial charge is 0.256 e. The highest BCUT2D eigenvalue weighted by atomic mass is 32.2. The Kier molecular flexibility index (Phi) is 7.83. The van der Waals surface area contributed by atoms with E-state index in [4.69, 9.17) is 4.74 Å². The largest absolute Gasteiger partial charge is 0.376 e. The molecule has 1 spiro atoms. The van der Waals surface area contributed by atoms with Crippen LogP contribution in [0.25, 0.3) is 0 Å². The predicted octanol–water partition coefficient (Wildman–Crippen LogP) is 2.54. The van der Waals surface area contributed by atoms with Gasteiger partial charge in [0, 0.05) is 47.8 Å². The number of nitrogens with one attached hydrogen (secondary N) is 1. The van der Waals surface area contributed by atoms with E-state index in [1.807, 2.05) is 20.8 Å². The van der Waals surface area contributed by atoms with Crippen molar-refractivity contribution in [3.05, 3.63) is 12.4 Å². The van der Waals surface area contributed by atoms with E-state index < -0.39 is 20.7 Å². The van der Waals surface area contributed by atoms with E-state index in [0.29, 0.717) is 22.7 Å². The minimum absolute atomic E-state index is 0.0218. The van der Waals surface area contributed by atoms with Crippen molar-refractivity contribution in [2.45, 2.75) is 67.6 Å². The number of ether oxygens (including phenoxy) is 1. The van der Waals surface area contributed by atoms with Gasteiger partial charge in [0.25, 0.3) is 5.95 Å². The molecule has 0 saturated carbocycles. The number of hydrogen-bond donors (Lipinski definition) is 1. The van der Waals surface area contributed by atoms with E-state index in [2.05, 4.69) is 41.0 Å². The van der Waals surface area contributed by atoms with Gasteiger partial charge in [-0.2, -0.15) is 9.35 Å². The number of hydrogen-bond acceptors (Lipinski definition) is 10. The van der Waals surface area contributed by atoms with Gasteiger partial charge in [-0.3, -0.25) is 0 Å². The van der Waals surface area contributed by atoms with E-state index in [1.54, 1.807) is 32.0 Å². The molecule has 0 aromatic carbocycles. The molecule has 2 fully saturated rings. The average Bonchev–Trinajstić information content (AvgIpc) is 3.27. The topological polar surface area (TPSA) is 127 Å². The van der Waals surface area contributed by atoms with Crippen LogP contribution in [-0.4, -0.2) is 82.3 Å². The highest BCUT2D eigenvalue weighted by Crippen LogP contribution is 2.43. The molecule has 0 unspecified atom stereocenters. The van der Waals surface area contributed by atoms with Crippen molar-refractivity contribution in [3.8, 4) is 0 Å². The van der Waals surface area contributed by atoms with Crippen LogP contribution in [0.15, 0.2) is 26.9 Å². The predicted molar refractivity (Wildman–Crippen MR) is 143 cm³/mol. The van der Waals surface area contributed by atoms with Crippen molar-refractivity contribution in [1.29, 1.82) is 0 Å². The quantitative estimate of drug-likeness (QED) is 0.571. The van der Waals surface area contributed by atoms with Crippen LogP contribution in [-0.2, 0) is 32.5 Å². The lowest BCUT2D eigenvalue weighted by atomic mass is 9.73. The first-order valence-electron chi connectivity index (χ1n) is 11.9. The number of rotatable bonds is 6. The molecule has 2 aliphatic rings. The molecule has 4 rings (SSSR count). The average molecular weight is 557 g/mol. The van der Waals surface area contributed by atoms with Gasteiger partial charge in [0.1, 0.15) is 10.8 Å². The monoisotopic (exact) mass is 556 g/mol. The SMILES string of the molecule is C[C@@H]1OCC2(CCN(c3cnc(Sc4nc(N=S(C)(C)=O)n(C)n4)cn3)CC2)[C@@H]1N[S@](=O)C(C)(C)C. The fourth-order valence-corrected chi connectivity index (χ4v) is 6.69. The Morgan fingerprint density at radius 1 is 1.25 bits per heavy atom. The van der Waals surface area contributed by atoms with E-state index in [-0.39, 0.29) is 22.3 Å². The summed E-state index contributed by atoms with van der Waals surface area (Å²) in [7, 11) is -1.75. The molecule has 1 N–H and O–H groups in total. The molecule has 0 bridgehead atoms. The van der Waals surface area contributed by atoms with Crippen molar-refractivity contribution in [1.82, 2.24) is 29.5 Å². The van der Waals surface area contributed by atoms with Crippen LogP contribution < -0.4 is 9.62 Å². The maximum Gasteiger partial charge on any atom is 0.256 e. The third kappa shape index (κ3) is 6.26. The van der Waals surface area contributed by atoms with Gasteiger partial charge >= 0.3 is 0 Å². The van der Waals surface area contributed by atoms with Gasteiger partial charge in [0.15, 0.2) is 0 Å². The molecule has 14 heteroatoms. The highest BCUT2D eigenvalue weighted by Gasteiger charge is 2.50. The third-order valence-corrected chi connectivity index (χ3v) is 9.43. The van der Waals surface area contributed by atoms with Crippen molar-refractivity contribution >= 4 is 44.2 Å². The second-order valence-electron chi connectivity index (χ2n) is 10.7. The lowest BCUT2D eigenvalue weighted by molar-refractivity contribution is 0.0973. The normalized spacial score (nSPS) is 23.2. The van der Waals surface area contributed by atoms with Gasteiger partial charge < -0.3 is 9.64 Å². The molecule has 2 saturated heterocycles. The number of aryl methyl sites for hydroxylation is 1. The van der Waals surface area contributed by atoms with E-state index in [9.17, 15) is 8.42 Å². The fraction of sp³-hybridized carbons (Fsp3) is 0.727.